The first-order chi connectivity index (χ1) is 9.12. The lowest BCUT2D eigenvalue weighted by Crippen LogP contribution is -2.59. The predicted molar refractivity (Wildman–Crippen MR) is 69.9 cm³/mol. The molecule has 1 aromatic rings. The van der Waals surface area contributed by atoms with Gasteiger partial charge in [-0.05, 0) is 11.3 Å². The number of hydrogen-bond donors (Lipinski definition) is 1. The maximum atomic E-state index is 10.5. The van der Waals surface area contributed by atoms with Crippen molar-refractivity contribution in [2.45, 2.75) is 39.7 Å². The maximum absolute atomic E-state index is 10.5. The molecular weight excluding hydrogens is 252 g/mol. The van der Waals surface area contributed by atoms with Gasteiger partial charge < -0.3 is 15.3 Å². The fraction of sp³-hybridized carbons (Fsp3) is 0.545. The number of carbonyl (C=O) groups excluding carboxylic acids is 1. The molecular formula is C11H18N4O4. The highest BCUT2D eigenvalue weighted by molar-refractivity contribution is 5.72. The van der Waals surface area contributed by atoms with Crippen LogP contribution >= 0.6 is 0 Å². The molecule has 106 valence electrons. The van der Waals surface area contributed by atoms with Crippen molar-refractivity contribution in [3.05, 3.63) is 27.2 Å². The molecule has 0 fully saturated rings. The zero-order valence-electron chi connectivity index (χ0n) is 11.0. The van der Waals surface area contributed by atoms with Gasteiger partial charge in [-0.15, -0.1) is 0 Å². The molecule has 0 unspecified atom stereocenters. The Hall–Kier alpha value is -2.25. The van der Waals surface area contributed by atoms with Gasteiger partial charge in [0.25, 0.3) is 0 Å². The Morgan fingerprint density at radius 3 is 2.58 bits per heavy atom. The molecule has 0 atom stereocenters. The zero-order chi connectivity index (χ0) is 14.7. The molecule has 8 heteroatoms. The highest BCUT2D eigenvalue weighted by Gasteiger charge is 2.19. The summed E-state index contributed by atoms with van der Waals surface area (Å²) in [7, 11) is 0. The summed E-state index contributed by atoms with van der Waals surface area (Å²) in [5, 5.41) is 21.4. The van der Waals surface area contributed by atoms with Crippen molar-refractivity contribution in [3.8, 4) is 0 Å². The van der Waals surface area contributed by atoms with Gasteiger partial charge in [0.1, 0.15) is 12.4 Å². The minimum Gasteiger partial charge on any atom is -0.626 e. The Balaban J connectivity index is 0.000000555. The van der Waals surface area contributed by atoms with Crippen molar-refractivity contribution in [3.63, 3.8) is 0 Å². The molecule has 1 N–H and O–H groups in total. The molecule has 19 heavy (non-hydrogen) atoms. The summed E-state index contributed by atoms with van der Waals surface area (Å²) in [5.41, 5.74) is 0.255. The standard InChI is InChI=1S/C8H11N3O3.C3H7NO/c1-2-3-4-10-7(6-12)5-9-8(10)11(13)14;1-2-3-4-5/h5-6H,2-4H2,1H3;3-4H,2H2,1H3. The van der Waals surface area contributed by atoms with Crippen LogP contribution in [-0.4, -0.2) is 27.0 Å². The largest absolute Gasteiger partial charge is 0.626 e. The first-order valence-corrected chi connectivity index (χ1v) is 5.96. The highest BCUT2D eigenvalue weighted by Crippen LogP contribution is 2.12. The van der Waals surface area contributed by atoms with Crippen LogP contribution in [0.25, 0.3) is 0 Å². The minimum atomic E-state index is -0.581. The van der Waals surface area contributed by atoms with Gasteiger partial charge in [0.15, 0.2) is 12.0 Å². The number of unbranched alkanes of at least 4 members (excludes halogenated alkanes) is 1. The van der Waals surface area contributed by atoms with Crippen molar-refractivity contribution in [1.82, 2.24) is 9.55 Å². The highest BCUT2D eigenvalue weighted by atomic mass is 16.6. The third-order valence-corrected chi connectivity index (χ3v) is 2.17. The zero-order valence-corrected chi connectivity index (χ0v) is 11.0. The molecule has 1 heterocycles. The van der Waals surface area contributed by atoms with Gasteiger partial charge in [-0.25, -0.2) is 9.72 Å². The van der Waals surface area contributed by atoms with E-state index in [1.54, 1.807) is 5.16 Å². The Labute approximate surface area is 110 Å². The van der Waals surface area contributed by atoms with Crippen molar-refractivity contribution in [2.24, 2.45) is 0 Å². The number of nitrogens with zero attached hydrogens (tertiary/aromatic N) is 3. The quantitative estimate of drug-likeness (QED) is 0.265. The van der Waals surface area contributed by atoms with Gasteiger partial charge in [0.2, 0.25) is 0 Å². The van der Waals surface area contributed by atoms with Crippen LogP contribution in [0.15, 0.2) is 6.20 Å². The average molecular weight is 270 g/mol. The molecule has 1 rings (SSSR count). The molecule has 0 aliphatic carbocycles. The molecule has 0 bridgehead atoms. The molecule has 1 aromatic heterocycles. The molecule has 0 aliphatic heterocycles. The lowest BCUT2D eigenvalue weighted by Gasteiger charge is -2.00. The predicted octanol–water partition coefficient (Wildman–Crippen LogP) is 0.450. The van der Waals surface area contributed by atoms with E-state index in [9.17, 15) is 20.1 Å². The van der Waals surface area contributed by atoms with Gasteiger partial charge in [0, 0.05) is 6.42 Å². The number of rotatable bonds is 6. The van der Waals surface area contributed by atoms with Crippen molar-refractivity contribution in [2.75, 3.05) is 0 Å². The van der Waals surface area contributed by atoms with E-state index in [0.29, 0.717) is 12.8 Å². The summed E-state index contributed by atoms with van der Waals surface area (Å²) >= 11 is 0. The van der Waals surface area contributed by atoms with Crippen molar-refractivity contribution >= 4 is 18.4 Å². The number of aromatic nitrogens is 2. The van der Waals surface area contributed by atoms with Crippen LogP contribution in [0.5, 0.6) is 0 Å². The van der Waals surface area contributed by atoms with E-state index in [0.717, 1.165) is 19.3 Å². The fourth-order valence-electron chi connectivity index (χ4n) is 1.25. The summed E-state index contributed by atoms with van der Waals surface area (Å²) < 4.78 is 1.33. The van der Waals surface area contributed by atoms with Crippen molar-refractivity contribution in [1.29, 1.82) is 0 Å². The molecule has 0 spiro atoms. The number of nitrogens with one attached hydrogen (secondary N) is 1. The summed E-state index contributed by atoms with van der Waals surface area (Å²) in [6.45, 7) is 4.33. The Morgan fingerprint density at radius 1 is 1.53 bits per heavy atom. The lowest BCUT2D eigenvalue weighted by molar-refractivity contribution is -0.396. The van der Waals surface area contributed by atoms with Gasteiger partial charge in [-0.2, -0.15) is 0 Å². The van der Waals surface area contributed by atoms with Crippen LogP contribution in [0.2, 0.25) is 0 Å². The van der Waals surface area contributed by atoms with Gasteiger partial charge in [-0.3, -0.25) is 4.79 Å². The normalized spacial score (nSPS) is 10.0. The first kappa shape index (κ1) is 16.8. The number of hydrogen-bond acceptors (Lipinski definition) is 5. The molecule has 0 radical (unpaired) electrons. The van der Waals surface area contributed by atoms with E-state index in [-0.39, 0.29) is 11.6 Å². The summed E-state index contributed by atoms with van der Waals surface area (Å²) in [5.74, 6) is -0.263. The van der Waals surface area contributed by atoms with Crippen LogP contribution in [0, 0.1) is 15.3 Å². The molecule has 0 aromatic carbocycles. The van der Waals surface area contributed by atoms with E-state index < -0.39 is 4.92 Å². The van der Waals surface area contributed by atoms with Crippen LogP contribution < -0.4 is 5.16 Å². The summed E-state index contributed by atoms with van der Waals surface area (Å²) in [6.07, 6.45) is 5.74. The van der Waals surface area contributed by atoms with E-state index >= 15 is 0 Å². The third kappa shape index (κ3) is 5.75. The smallest absolute Gasteiger partial charge is 0.435 e. The Bertz CT molecular complexity index is 428. The second kappa shape index (κ2) is 9.75. The average Bonchev–Trinajstić information content (AvgIpc) is 2.81. The van der Waals surface area contributed by atoms with Gasteiger partial charge >= 0.3 is 5.95 Å². The molecule has 8 nitrogen and oxygen atoms in total. The van der Waals surface area contributed by atoms with Crippen LogP contribution in [-0.2, 0) is 6.54 Å². The van der Waals surface area contributed by atoms with E-state index in [1.165, 1.54) is 17.0 Å². The second-order valence-corrected chi connectivity index (χ2v) is 3.59. The molecule has 0 saturated carbocycles. The second-order valence-electron chi connectivity index (χ2n) is 3.59. The fourth-order valence-corrected chi connectivity index (χ4v) is 1.25. The first-order valence-electron chi connectivity index (χ1n) is 5.96. The molecule has 0 amide bonds. The number of carbonyl (C=O) groups is 1. The van der Waals surface area contributed by atoms with Gasteiger partial charge in [0.05, 0.1) is 6.54 Å². The number of aldehydes is 1. The molecule has 0 aliphatic rings. The monoisotopic (exact) mass is 270 g/mol. The van der Waals surface area contributed by atoms with Gasteiger partial charge in [-0.1, -0.05) is 25.3 Å². The number of imidazole rings is 1. The third-order valence-electron chi connectivity index (χ3n) is 2.17. The van der Waals surface area contributed by atoms with Crippen molar-refractivity contribution < 1.29 is 14.9 Å². The SMILES string of the molecule is CCC=[NH+][O-].CCCCn1c(C=O)cnc1[N+](=O)[O-]. The summed E-state index contributed by atoms with van der Waals surface area (Å²) in [4.78, 5) is 24.1. The minimum absolute atomic E-state index is 0.255. The Kier molecular flexibility index (Phi) is 8.59. The summed E-state index contributed by atoms with van der Waals surface area (Å²) in [6, 6.07) is 0. The van der Waals surface area contributed by atoms with E-state index in [4.69, 9.17) is 0 Å². The molecule has 0 saturated heterocycles. The van der Waals surface area contributed by atoms with E-state index in [2.05, 4.69) is 4.98 Å². The maximum Gasteiger partial charge on any atom is 0.435 e. The lowest BCUT2D eigenvalue weighted by atomic mass is 10.3. The number of nitro groups is 1. The Morgan fingerprint density at radius 2 is 2.21 bits per heavy atom. The van der Waals surface area contributed by atoms with Crippen LogP contribution in [0.4, 0.5) is 5.95 Å². The van der Waals surface area contributed by atoms with E-state index in [1.807, 2.05) is 13.8 Å². The van der Waals surface area contributed by atoms with Crippen LogP contribution in [0.1, 0.15) is 43.6 Å². The topological polar surface area (TPSA) is 115 Å². The van der Waals surface area contributed by atoms with Crippen LogP contribution in [0.3, 0.4) is 0 Å².